The van der Waals surface area contributed by atoms with Crippen LogP contribution in [0.4, 0.5) is 5.69 Å². The highest BCUT2D eigenvalue weighted by Crippen LogP contribution is 2.42. The molecule has 1 aliphatic rings. The molecule has 1 aliphatic heterocycles. The number of carbonyl (C=O) groups is 2. The van der Waals surface area contributed by atoms with Crippen molar-refractivity contribution in [2.75, 3.05) is 19.1 Å². The third-order valence-corrected chi connectivity index (χ3v) is 5.83. The van der Waals surface area contributed by atoms with Crippen molar-refractivity contribution < 1.29 is 14.3 Å². The number of aryl methyl sites for hydroxylation is 1. The molecule has 2 aromatic carbocycles. The molecule has 1 saturated heterocycles. The molecule has 2 amide bonds. The van der Waals surface area contributed by atoms with Crippen LogP contribution >= 0.6 is 11.8 Å². The van der Waals surface area contributed by atoms with Gasteiger partial charge in [0, 0.05) is 12.7 Å². The zero-order chi connectivity index (χ0) is 21.0. The molecule has 1 fully saturated rings. The van der Waals surface area contributed by atoms with Gasteiger partial charge in [0.05, 0.1) is 12.4 Å². The second-order valence-electron chi connectivity index (χ2n) is 6.54. The van der Waals surface area contributed by atoms with Crippen molar-refractivity contribution in [1.82, 2.24) is 5.32 Å². The molecule has 3 rings (SSSR count). The van der Waals surface area contributed by atoms with E-state index in [1.54, 1.807) is 31.4 Å². The van der Waals surface area contributed by atoms with Crippen molar-refractivity contribution in [3.63, 3.8) is 0 Å². The minimum Gasteiger partial charge on any atom is -0.497 e. The highest BCUT2D eigenvalue weighted by molar-refractivity contribution is 8.05. The Morgan fingerprint density at radius 1 is 1.28 bits per heavy atom. The van der Waals surface area contributed by atoms with Gasteiger partial charge in [-0.3, -0.25) is 14.5 Å². The van der Waals surface area contributed by atoms with Crippen LogP contribution in [-0.4, -0.2) is 31.2 Å². The molecular formula is C22H21N3O3S. The molecule has 1 unspecified atom stereocenters. The molecule has 0 bridgehead atoms. The van der Waals surface area contributed by atoms with Gasteiger partial charge in [-0.2, -0.15) is 5.26 Å². The van der Waals surface area contributed by atoms with E-state index >= 15 is 0 Å². The van der Waals surface area contributed by atoms with E-state index in [1.807, 2.05) is 37.3 Å². The smallest absolute Gasteiger partial charge is 0.264 e. The van der Waals surface area contributed by atoms with Gasteiger partial charge in [0.15, 0.2) is 0 Å². The Morgan fingerprint density at radius 2 is 2.00 bits per heavy atom. The number of anilines is 1. The second-order valence-corrected chi connectivity index (χ2v) is 7.73. The number of nitrogens with one attached hydrogen (secondary N) is 1. The number of carbonyl (C=O) groups excluding carboxylic acids is 2. The topological polar surface area (TPSA) is 82.4 Å². The maximum absolute atomic E-state index is 13.3. The summed E-state index contributed by atoms with van der Waals surface area (Å²) >= 11 is 1.25. The van der Waals surface area contributed by atoms with Gasteiger partial charge in [0.25, 0.3) is 5.91 Å². The zero-order valence-corrected chi connectivity index (χ0v) is 17.2. The first kappa shape index (κ1) is 20.5. The summed E-state index contributed by atoms with van der Waals surface area (Å²) in [6.07, 6.45) is 0.508. The molecule has 0 aliphatic carbocycles. The third kappa shape index (κ3) is 4.28. The fourth-order valence-electron chi connectivity index (χ4n) is 3.13. The van der Waals surface area contributed by atoms with Gasteiger partial charge in [-0.1, -0.05) is 41.6 Å². The second kappa shape index (κ2) is 8.84. The number of nitriles is 1. The SMILES string of the molecule is CNC(=O)/C(C#N)=C1\SC(Cc2cccc(C)c2)C(=O)N1c1ccc(OC)cc1. The van der Waals surface area contributed by atoms with Crippen LogP contribution in [0.2, 0.25) is 0 Å². The Kier molecular flexibility index (Phi) is 6.25. The highest BCUT2D eigenvalue weighted by atomic mass is 32.2. The lowest BCUT2D eigenvalue weighted by molar-refractivity contribution is -0.117. The number of rotatable bonds is 5. The van der Waals surface area contributed by atoms with Gasteiger partial charge in [-0.05, 0) is 43.2 Å². The Labute approximate surface area is 174 Å². The van der Waals surface area contributed by atoms with E-state index in [0.29, 0.717) is 22.9 Å². The Balaban J connectivity index is 2.03. The first-order valence-electron chi connectivity index (χ1n) is 9.05. The van der Waals surface area contributed by atoms with Crippen LogP contribution in [0.5, 0.6) is 5.75 Å². The van der Waals surface area contributed by atoms with E-state index < -0.39 is 11.2 Å². The van der Waals surface area contributed by atoms with E-state index in [1.165, 1.54) is 23.7 Å². The molecule has 1 heterocycles. The normalized spacial score (nSPS) is 17.7. The summed E-state index contributed by atoms with van der Waals surface area (Å²) < 4.78 is 5.18. The van der Waals surface area contributed by atoms with Crippen molar-refractivity contribution in [3.05, 3.63) is 70.3 Å². The van der Waals surface area contributed by atoms with Gasteiger partial charge in [0.1, 0.15) is 22.4 Å². The largest absolute Gasteiger partial charge is 0.497 e. The van der Waals surface area contributed by atoms with Crippen molar-refractivity contribution in [2.45, 2.75) is 18.6 Å². The minimum atomic E-state index is -0.516. The Hall–Kier alpha value is -3.24. The zero-order valence-electron chi connectivity index (χ0n) is 16.4. The average Bonchev–Trinajstić information content (AvgIpc) is 3.04. The molecule has 1 N–H and O–H groups in total. The number of thioether (sulfide) groups is 1. The van der Waals surface area contributed by atoms with E-state index in [2.05, 4.69) is 5.32 Å². The van der Waals surface area contributed by atoms with Crippen LogP contribution in [0.3, 0.4) is 0 Å². The first-order chi connectivity index (χ1) is 14.0. The molecule has 2 aromatic rings. The summed E-state index contributed by atoms with van der Waals surface area (Å²) in [5.41, 5.74) is 2.66. The lowest BCUT2D eigenvalue weighted by Gasteiger charge is -2.18. The minimum absolute atomic E-state index is 0.0755. The molecule has 6 nitrogen and oxygen atoms in total. The van der Waals surface area contributed by atoms with E-state index in [0.717, 1.165) is 11.1 Å². The fraction of sp³-hybridized carbons (Fsp3) is 0.227. The van der Waals surface area contributed by atoms with Crippen LogP contribution < -0.4 is 15.0 Å². The lowest BCUT2D eigenvalue weighted by atomic mass is 10.1. The van der Waals surface area contributed by atoms with Gasteiger partial charge in [-0.25, -0.2) is 0 Å². The number of benzene rings is 2. The average molecular weight is 407 g/mol. The monoisotopic (exact) mass is 407 g/mol. The fourth-order valence-corrected chi connectivity index (χ4v) is 4.44. The van der Waals surface area contributed by atoms with Gasteiger partial charge in [0.2, 0.25) is 5.91 Å². The van der Waals surface area contributed by atoms with Crippen LogP contribution in [0.1, 0.15) is 11.1 Å². The molecule has 7 heteroatoms. The molecule has 0 aromatic heterocycles. The van der Waals surface area contributed by atoms with Crippen LogP contribution in [0.15, 0.2) is 59.1 Å². The van der Waals surface area contributed by atoms with Crippen LogP contribution in [-0.2, 0) is 16.0 Å². The van der Waals surface area contributed by atoms with Crippen LogP contribution in [0, 0.1) is 18.3 Å². The summed E-state index contributed by atoms with van der Waals surface area (Å²) in [7, 11) is 3.03. The molecule has 0 saturated carbocycles. The summed E-state index contributed by atoms with van der Waals surface area (Å²) in [5.74, 6) is -0.0208. The van der Waals surface area contributed by atoms with E-state index in [9.17, 15) is 14.9 Å². The maximum atomic E-state index is 13.3. The van der Waals surface area contributed by atoms with Crippen molar-refractivity contribution in [3.8, 4) is 11.8 Å². The lowest BCUT2D eigenvalue weighted by Crippen LogP contribution is -2.31. The Bertz CT molecular complexity index is 1010. The molecule has 0 spiro atoms. The quantitative estimate of drug-likeness (QED) is 0.608. The molecule has 29 heavy (non-hydrogen) atoms. The highest BCUT2D eigenvalue weighted by Gasteiger charge is 2.40. The number of hydrogen-bond acceptors (Lipinski definition) is 5. The van der Waals surface area contributed by atoms with E-state index in [-0.39, 0.29) is 11.5 Å². The van der Waals surface area contributed by atoms with Crippen LogP contribution in [0.25, 0.3) is 0 Å². The maximum Gasteiger partial charge on any atom is 0.264 e. The van der Waals surface area contributed by atoms with Gasteiger partial charge < -0.3 is 10.1 Å². The Morgan fingerprint density at radius 3 is 2.59 bits per heavy atom. The van der Waals surface area contributed by atoms with E-state index in [4.69, 9.17) is 4.74 Å². The standard InChI is InChI=1S/C22H21N3O3S/c1-14-5-4-6-15(11-14)12-19-21(27)25(16-7-9-17(28-3)10-8-16)22(29-19)18(13-23)20(26)24-2/h4-11,19H,12H2,1-3H3,(H,24,26)/b22-18-. The van der Waals surface area contributed by atoms with Gasteiger partial charge >= 0.3 is 0 Å². The predicted molar refractivity (Wildman–Crippen MR) is 113 cm³/mol. The molecule has 0 radical (unpaired) electrons. The summed E-state index contributed by atoms with van der Waals surface area (Å²) in [6.45, 7) is 2.00. The number of amides is 2. The number of nitrogens with zero attached hydrogens (tertiary/aromatic N) is 2. The number of likely N-dealkylation sites (N-methyl/N-ethyl adjacent to an activating group) is 1. The van der Waals surface area contributed by atoms with Crippen molar-refractivity contribution in [2.24, 2.45) is 0 Å². The number of ether oxygens (including phenoxy) is 1. The number of hydrogen-bond donors (Lipinski definition) is 1. The van der Waals surface area contributed by atoms with Gasteiger partial charge in [-0.15, -0.1) is 0 Å². The summed E-state index contributed by atoms with van der Waals surface area (Å²) in [6, 6.07) is 16.9. The number of methoxy groups -OCH3 is 1. The summed E-state index contributed by atoms with van der Waals surface area (Å²) in [5, 5.41) is 12.0. The molecule has 1 atom stereocenters. The summed E-state index contributed by atoms with van der Waals surface area (Å²) in [4.78, 5) is 27.0. The third-order valence-electron chi connectivity index (χ3n) is 4.57. The predicted octanol–water partition coefficient (Wildman–Crippen LogP) is 3.18. The molecule has 148 valence electrons. The first-order valence-corrected chi connectivity index (χ1v) is 9.93. The van der Waals surface area contributed by atoms with Crippen molar-refractivity contribution in [1.29, 1.82) is 5.26 Å². The molecular weight excluding hydrogens is 386 g/mol. The van der Waals surface area contributed by atoms with Crippen molar-refractivity contribution >= 4 is 29.3 Å².